The van der Waals surface area contributed by atoms with Crippen LogP contribution in [0.4, 0.5) is 0 Å². The van der Waals surface area contributed by atoms with E-state index < -0.39 is 6.10 Å². The summed E-state index contributed by atoms with van der Waals surface area (Å²) >= 11 is 6.11. The first-order valence-corrected chi connectivity index (χ1v) is 6.57. The molecule has 3 nitrogen and oxygen atoms in total. The van der Waals surface area contributed by atoms with E-state index in [2.05, 4.69) is 6.07 Å². The van der Waals surface area contributed by atoms with Crippen molar-refractivity contribution in [1.82, 2.24) is 0 Å². The Balaban J connectivity index is 2.05. The highest BCUT2D eigenvalue weighted by Gasteiger charge is 2.07. The third-order valence-corrected chi connectivity index (χ3v) is 3.21. The lowest BCUT2D eigenvalue weighted by molar-refractivity contribution is 0.199. The van der Waals surface area contributed by atoms with Gasteiger partial charge in [0.2, 0.25) is 0 Å². The highest BCUT2D eigenvalue weighted by atomic mass is 35.5. The molecule has 2 aromatic carbocycles. The van der Waals surface area contributed by atoms with Gasteiger partial charge < -0.3 is 9.84 Å². The molecule has 0 saturated carbocycles. The lowest BCUT2D eigenvalue weighted by Crippen LogP contribution is -1.97. The van der Waals surface area contributed by atoms with Crippen LogP contribution in [0.3, 0.4) is 0 Å². The Morgan fingerprint density at radius 1 is 1.25 bits per heavy atom. The fraction of sp³-hybridized carbons (Fsp3) is 0.188. The van der Waals surface area contributed by atoms with E-state index in [1.165, 1.54) is 0 Å². The van der Waals surface area contributed by atoms with E-state index in [9.17, 15) is 5.11 Å². The van der Waals surface area contributed by atoms with Gasteiger partial charge in [-0.2, -0.15) is 5.26 Å². The van der Waals surface area contributed by atoms with Crippen molar-refractivity contribution in [1.29, 1.82) is 5.26 Å². The molecule has 0 spiro atoms. The van der Waals surface area contributed by atoms with Crippen molar-refractivity contribution in [3.63, 3.8) is 0 Å². The number of nitrogens with zero attached hydrogens (tertiary/aromatic N) is 1. The summed E-state index contributed by atoms with van der Waals surface area (Å²) in [6.45, 7) is 2.06. The van der Waals surface area contributed by atoms with Gasteiger partial charge in [0, 0.05) is 0 Å². The summed E-state index contributed by atoms with van der Waals surface area (Å²) in [4.78, 5) is 0. The summed E-state index contributed by atoms with van der Waals surface area (Å²) in [6.07, 6.45) is -0.555. The molecule has 1 N–H and O–H groups in total. The first-order chi connectivity index (χ1) is 9.60. The Kier molecular flexibility index (Phi) is 4.62. The first kappa shape index (κ1) is 14.4. The number of hydrogen-bond acceptors (Lipinski definition) is 3. The van der Waals surface area contributed by atoms with Crippen LogP contribution in [0.2, 0.25) is 5.02 Å². The van der Waals surface area contributed by atoms with Gasteiger partial charge in [0.25, 0.3) is 0 Å². The summed E-state index contributed by atoms with van der Waals surface area (Å²) in [5.74, 6) is 0.570. The smallest absolute Gasteiger partial charge is 0.138 e. The topological polar surface area (TPSA) is 53.2 Å². The lowest BCUT2D eigenvalue weighted by Gasteiger charge is -2.11. The first-order valence-electron chi connectivity index (χ1n) is 6.19. The number of aliphatic hydroxyl groups excluding tert-OH is 1. The zero-order chi connectivity index (χ0) is 14.5. The minimum atomic E-state index is -0.555. The van der Waals surface area contributed by atoms with Crippen molar-refractivity contribution in [3.05, 3.63) is 64.2 Å². The van der Waals surface area contributed by atoms with Crippen LogP contribution in [0.15, 0.2) is 42.5 Å². The van der Waals surface area contributed by atoms with E-state index in [1.807, 2.05) is 12.1 Å². The second-order valence-electron chi connectivity index (χ2n) is 4.46. The summed E-state index contributed by atoms with van der Waals surface area (Å²) in [7, 11) is 0. The van der Waals surface area contributed by atoms with Crippen LogP contribution in [0.1, 0.15) is 29.7 Å². The Morgan fingerprint density at radius 2 is 1.95 bits per heavy atom. The molecule has 0 aliphatic heterocycles. The van der Waals surface area contributed by atoms with Gasteiger partial charge in [-0.1, -0.05) is 29.8 Å². The van der Waals surface area contributed by atoms with Gasteiger partial charge in [-0.25, -0.2) is 0 Å². The van der Waals surface area contributed by atoms with E-state index in [-0.39, 0.29) is 0 Å². The maximum atomic E-state index is 9.47. The van der Waals surface area contributed by atoms with E-state index >= 15 is 0 Å². The lowest BCUT2D eigenvalue weighted by atomic mass is 10.1. The molecule has 2 aromatic rings. The van der Waals surface area contributed by atoms with Gasteiger partial charge in [0.15, 0.2) is 0 Å². The van der Waals surface area contributed by atoms with Gasteiger partial charge in [0.1, 0.15) is 12.4 Å². The van der Waals surface area contributed by atoms with Crippen LogP contribution in [-0.2, 0) is 6.61 Å². The molecule has 0 radical (unpaired) electrons. The predicted octanol–water partition coefficient (Wildman–Crippen LogP) is 3.84. The number of benzene rings is 2. The molecule has 0 unspecified atom stereocenters. The molecular weight excluding hydrogens is 274 g/mol. The molecule has 4 heteroatoms. The average Bonchev–Trinajstić information content (AvgIpc) is 2.46. The number of nitriles is 1. The van der Waals surface area contributed by atoms with Crippen molar-refractivity contribution in [2.24, 2.45) is 0 Å². The molecule has 0 aliphatic carbocycles. The van der Waals surface area contributed by atoms with E-state index in [1.54, 1.807) is 37.3 Å². The van der Waals surface area contributed by atoms with Gasteiger partial charge in [-0.3, -0.25) is 0 Å². The van der Waals surface area contributed by atoms with Crippen molar-refractivity contribution in [2.45, 2.75) is 19.6 Å². The standard InChI is InChI=1S/C16H14ClNO2/c1-11(19)14-6-7-16(15(17)8-14)20-10-13-4-2-12(9-18)3-5-13/h2-8,11,19H,10H2,1H3/t11-/m1/s1. The summed E-state index contributed by atoms with van der Waals surface area (Å²) in [6, 6.07) is 14.5. The molecule has 0 saturated heterocycles. The van der Waals surface area contributed by atoms with Crippen molar-refractivity contribution in [2.75, 3.05) is 0 Å². The van der Waals surface area contributed by atoms with Gasteiger partial charge >= 0.3 is 0 Å². The number of halogens is 1. The summed E-state index contributed by atoms with van der Waals surface area (Å²) < 4.78 is 5.63. The molecule has 2 rings (SSSR count). The molecule has 0 amide bonds. The largest absolute Gasteiger partial charge is 0.487 e. The molecule has 1 atom stereocenters. The third-order valence-electron chi connectivity index (χ3n) is 2.92. The zero-order valence-electron chi connectivity index (χ0n) is 11.0. The molecule has 0 bridgehead atoms. The fourth-order valence-electron chi connectivity index (χ4n) is 1.73. The highest BCUT2D eigenvalue weighted by molar-refractivity contribution is 6.32. The quantitative estimate of drug-likeness (QED) is 0.929. The maximum Gasteiger partial charge on any atom is 0.138 e. The van der Waals surface area contributed by atoms with Crippen LogP contribution in [0.25, 0.3) is 0 Å². The minimum absolute atomic E-state index is 0.374. The zero-order valence-corrected chi connectivity index (χ0v) is 11.8. The highest BCUT2D eigenvalue weighted by Crippen LogP contribution is 2.28. The van der Waals surface area contributed by atoms with Gasteiger partial charge in [-0.05, 0) is 42.3 Å². The van der Waals surface area contributed by atoms with Crippen molar-refractivity contribution < 1.29 is 9.84 Å². The number of ether oxygens (including phenoxy) is 1. The van der Waals surface area contributed by atoms with Crippen molar-refractivity contribution in [3.8, 4) is 11.8 Å². The summed E-state index contributed by atoms with van der Waals surface area (Å²) in [5.41, 5.74) is 2.33. The van der Waals surface area contributed by atoms with Crippen LogP contribution in [0.5, 0.6) is 5.75 Å². The molecular formula is C16H14ClNO2. The van der Waals surface area contributed by atoms with E-state index in [0.717, 1.165) is 11.1 Å². The Labute approximate surface area is 123 Å². The Morgan fingerprint density at radius 3 is 2.50 bits per heavy atom. The molecule has 102 valence electrons. The van der Waals surface area contributed by atoms with E-state index in [4.69, 9.17) is 21.6 Å². The second-order valence-corrected chi connectivity index (χ2v) is 4.87. The minimum Gasteiger partial charge on any atom is -0.487 e. The molecule has 0 aromatic heterocycles. The third kappa shape index (κ3) is 3.51. The predicted molar refractivity (Wildman–Crippen MR) is 77.6 cm³/mol. The summed E-state index contributed by atoms with van der Waals surface area (Å²) in [5, 5.41) is 18.7. The monoisotopic (exact) mass is 287 g/mol. The van der Waals surface area contributed by atoms with E-state index in [0.29, 0.717) is 22.9 Å². The Bertz CT molecular complexity index is 630. The van der Waals surface area contributed by atoms with Crippen LogP contribution < -0.4 is 4.74 Å². The van der Waals surface area contributed by atoms with Crippen LogP contribution in [-0.4, -0.2) is 5.11 Å². The fourth-order valence-corrected chi connectivity index (χ4v) is 1.97. The van der Waals surface area contributed by atoms with Crippen LogP contribution >= 0.6 is 11.6 Å². The number of aliphatic hydroxyl groups is 1. The molecule has 20 heavy (non-hydrogen) atoms. The van der Waals surface area contributed by atoms with Crippen molar-refractivity contribution >= 4 is 11.6 Å². The molecule has 0 aliphatic rings. The van der Waals surface area contributed by atoms with Gasteiger partial charge in [0.05, 0.1) is 22.8 Å². The van der Waals surface area contributed by atoms with Crippen LogP contribution in [0, 0.1) is 11.3 Å². The number of hydrogen-bond donors (Lipinski definition) is 1. The van der Waals surface area contributed by atoms with Gasteiger partial charge in [-0.15, -0.1) is 0 Å². The normalized spacial score (nSPS) is 11.7. The molecule has 0 heterocycles. The second kappa shape index (κ2) is 6.42. The number of rotatable bonds is 4. The average molecular weight is 288 g/mol. The maximum absolute atomic E-state index is 9.47. The molecule has 0 fully saturated rings. The SMILES string of the molecule is C[C@@H](O)c1ccc(OCc2ccc(C#N)cc2)c(Cl)c1. The Hall–Kier alpha value is -2.02.